The van der Waals surface area contributed by atoms with Gasteiger partial charge in [0.15, 0.2) is 0 Å². The summed E-state index contributed by atoms with van der Waals surface area (Å²) in [6.07, 6.45) is 3.61. The first kappa shape index (κ1) is 16.5. The number of nitrogens with one attached hydrogen (secondary N) is 1. The summed E-state index contributed by atoms with van der Waals surface area (Å²) >= 11 is 0. The smallest absolute Gasteiger partial charge is 0.127 e. The van der Waals surface area contributed by atoms with E-state index in [4.69, 9.17) is 0 Å². The van der Waals surface area contributed by atoms with Crippen LogP contribution in [0.2, 0.25) is 0 Å². The van der Waals surface area contributed by atoms with Crippen molar-refractivity contribution in [3.8, 4) is 0 Å². The summed E-state index contributed by atoms with van der Waals surface area (Å²) in [6, 6.07) is 4.27. The van der Waals surface area contributed by atoms with Gasteiger partial charge in [-0.05, 0) is 73.7 Å². The SMILES string of the molecule is CNC1CC(C)CCC1C(C)(C)c1c(C)cc(C)cc1F. The Hall–Kier alpha value is -0.890. The molecule has 0 bridgehead atoms. The fourth-order valence-corrected chi connectivity index (χ4v) is 4.48. The van der Waals surface area contributed by atoms with Crippen LogP contribution in [0.15, 0.2) is 12.1 Å². The molecule has 1 fully saturated rings. The van der Waals surface area contributed by atoms with Gasteiger partial charge in [0.05, 0.1) is 0 Å². The van der Waals surface area contributed by atoms with E-state index in [0.717, 1.165) is 22.6 Å². The van der Waals surface area contributed by atoms with Crippen LogP contribution in [0, 0.1) is 31.5 Å². The molecule has 0 aliphatic heterocycles. The van der Waals surface area contributed by atoms with E-state index in [-0.39, 0.29) is 11.2 Å². The Labute approximate surface area is 129 Å². The molecule has 1 aliphatic carbocycles. The zero-order valence-corrected chi connectivity index (χ0v) is 14.4. The van der Waals surface area contributed by atoms with Crippen molar-refractivity contribution < 1.29 is 4.39 Å². The molecular formula is C19H30FN. The first-order chi connectivity index (χ1) is 9.77. The number of benzene rings is 1. The van der Waals surface area contributed by atoms with Crippen molar-refractivity contribution >= 4 is 0 Å². The van der Waals surface area contributed by atoms with Gasteiger partial charge in [-0.15, -0.1) is 0 Å². The van der Waals surface area contributed by atoms with Crippen LogP contribution in [-0.4, -0.2) is 13.1 Å². The minimum Gasteiger partial charge on any atom is -0.317 e. The molecule has 0 amide bonds. The monoisotopic (exact) mass is 291 g/mol. The molecule has 0 radical (unpaired) electrons. The summed E-state index contributed by atoms with van der Waals surface area (Å²) in [5.41, 5.74) is 2.86. The molecule has 1 nitrogen and oxygen atoms in total. The van der Waals surface area contributed by atoms with Gasteiger partial charge in [0.1, 0.15) is 5.82 Å². The molecule has 1 aliphatic rings. The second-order valence-corrected chi connectivity index (χ2v) is 7.58. The molecule has 0 aromatic heterocycles. The highest BCUT2D eigenvalue weighted by Gasteiger charge is 2.41. The number of aryl methyl sites for hydroxylation is 2. The Bertz CT molecular complexity index is 483. The first-order valence-corrected chi connectivity index (χ1v) is 8.21. The highest BCUT2D eigenvalue weighted by molar-refractivity contribution is 5.38. The molecule has 1 N–H and O–H groups in total. The lowest BCUT2D eigenvalue weighted by Crippen LogP contribution is -2.47. The van der Waals surface area contributed by atoms with Crippen molar-refractivity contribution in [2.24, 2.45) is 11.8 Å². The van der Waals surface area contributed by atoms with Gasteiger partial charge in [0.25, 0.3) is 0 Å². The van der Waals surface area contributed by atoms with Crippen molar-refractivity contribution in [2.45, 2.75) is 65.3 Å². The maximum Gasteiger partial charge on any atom is 0.127 e. The van der Waals surface area contributed by atoms with Crippen molar-refractivity contribution in [2.75, 3.05) is 7.05 Å². The van der Waals surface area contributed by atoms with Gasteiger partial charge >= 0.3 is 0 Å². The predicted molar refractivity (Wildman–Crippen MR) is 88.3 cm³/mol. The van der Waals surface area contributed by atoms with Crippen LogP contribution in [0.25, 0.3) is 0 Å². The predicted octanol–water partition coefficient (Wildman–Crippen LogP) is 4.74. The van der Waals surface area contributed by atoms with Crippen LogP contribution in [0.3, 0.4) is 0 Å². The Balaban J connectivity index is 2.41. The van der Waals surface area contributed by atoms with Gasteiger partial charge in [-0.2, -0.15) is 0 Å². The van der Waals surface area contributed by atoms with Gasteiger partial charge in [0, 0.05) is 6.04 Å². The average Bonchev–Trinajstić information content (AvgIpc) is 2.36. The molecule has 118 valence electrons. The Morgan fingerprint density at radius 1 is 1.19 bits per heavy atom. The summed E-state index contributed by atoms with van der Waals surface area (Å²) < 4.78 is 14.6. The topological polar surface area (TPSA) is 12.0 Å². The van der Waals surface area contributed by atoms with E-state index in [9.17, 15) is 4.39 Å². The second-order valence-electron chi connectivity index (χ2n) is 7.58. The molecule has 21 heavy (non-hydrogen) atoms. The third kappa shape index (κ3) is 3.15. The van der Waals surface area contributed by atoms with Gasteiger partial charge < -0.3 is 5.32 Å². The maximum atomic E-state index is 14.6. The molecule has 2 rings (SSSR count). The quantitative estimate of drug-likeness (QED) is 0.848. The fraction of sp³-hybridized carbons (Fsp3) is 0.684. The molecule has 1 aromatic rings. The van der Waals surface area contributed by atoms with Gasteiger partial charge in [0.2, 0.25) is 0 Å². The van der Waals surface area contributed by atoms with Crippen LogP contribution < -0.4 is 5.32 Å². The highest BCUT2D eigenvalue weighted by Crippen LogP contribution is 2.44. The van der Waals surface area contributed by atoms with E-state index in [0.29, 0.717) is 12.0 Å². The highest BCUT2D eigenvalue weighted by atomic mass is 19.1. The fourth-order valence-electron chi connectivity index (χ4n) is 4.48. The van der Waals surface area contributed by atoms with Crippen molar-refractivity contribution in [3.05, 3.63) is 34.6 Å². The normalized spacial score (nSPS) is 26.9. The Morgan fingerprint density at radius 2 is 1.86 bits per heavy atom. The summed E-state index contributed by atoms with van der Waals surface area (Å²) in [4.78, 5) is 0. The Morgan fingerprint density at radius 3 is 2.43 bits per heavy atom. The van der Waals surface area contributed by atoms with E-state index in [1.807, 2.05) is 20.9 Å². The van der Waals surface area contributed by atoms with Crippen LogP contribution in [0.1, 0.15) is 56.7 Å². The van der Waals surface area contributed by atoms with Gasteiger partial charge in [-0.25, -0.2) is 4.39 Å². The third-order valence-electron chi connectivity index (χ3n) is 5.49. The van der Waals surface area contributed by atoms with E-state index < -0.39 is 0 Å². The second kappa shape index (κ2) is 6.08. The molecule has 1 saturated carbocycles. The van der Waals surface area contributed by atoms with E-state index >= 15 is 0 Å². The van der Waals surface area contributed by atoms with Crippen molar-refractivity contribution in [1.82, 2.24) is 5.32 Å². The standard InChI is InChI=1S/C19H30FN/c1-12-7-8-15(17(11-12)21-6)19(4,5)18-14(3)9-13(2)10-16(18)20/h9-10,12,15,17,21H,7-8,11H2,1-6H3. The first-order valence-electron chi connectivity index (χ1n) is 8.21. The lowest BCUT2D eigenvalue weighted by molar-refractivity contribution is 0.148. The Kier molecular flexibility index (Phi) is 4.77. The zero-order valence-electron chi connectivity index (χ0n) is 14.4. The zero-order chi connectivity index (χ0) is 15.8. The number of halogens is 1. The minimum atomic E-state index is -0.143. The summed E-state index contributed by atoms with van der Waals surface area (Å²) in [7, 11) is 2.05. The molecule has 0 spiro atoms. The van der Waals surface area contributed by atoms with Crippen molar-refractivity contribution in [1.29, 1.82) is 0 Å². The molecule has 2 heteroatoms. The van der Waals surface area contributed by atoms with Crippen LogP contribution in [-0.2, 0) is 5.41 Å². The van der Waals surface area contributed by atoms with Crippen LogP contribution >= 0.6 is 0 Å². The minimum absolute atomic E-state index is 0.0361. The molecule has 1 aromatic carbocycles. The molecule has 0 saturated heterocycles. The summed E-state index contributed by atoms with van der Waals surface area (Å²) in [6.45, 7) is 10.8. The van der Waals surface area contributed by atoms with E-state index in [1.165, 1.54) is 19.3 Å². The lowest BCUT2D eigenvalue weighted by atomic mass is 9.62. The summed E-state index contributed by atoms with van der Waals surface area (Å²) in [5, 5.41) is 3.49. The number of rotatable bonds is 3. The lowest BCUT2D eigenvalue weighted by Gasteiger charge is -2.45. The number of hydrogen-bond acceptors (Lipinski definition) is 1. The number of hydrogen-bond donors (Lipinski definition) is 1. The molecule has 0 heterocycles. The van der Waals surface area contributed by atoms with Crippen LogP contribution in [0.5, 0.6) is 0 Å². The van der Waals surface area contributed by atoms with E-state index in [2.05, 4.69) is 32.2 Å². The maximum absolute atomic E-state index is 14.6. The van der Waals surface area contributed by atoms with Crippen molar-refractivity contribution in [3.63, 3.8) is 0 Å². The third-order valence-corrected chi connectivity index (χ3v) is 5.49. The largest absolute Gasteiger partial charge is 0.317 e. The molecule has 3 unspecified atom stereocenters. The summed E-state index contributed by atoms with van der Waals surface area (Å²) in [5.74, 6) is 1.21. The molecule has 3 atom stereocenters. The van der Waals surface area contributed by atoms with Gasteiger partial charge in [-0.1, -0.05) is 33.3 Å². The van der Waals surface area contributed by atoms with Crippen LogP contribution in [0.4, 0.5) is 4.39 Å². The van der Waals surface area contributed by atoms with E-state index in [1.54, 1.807) is 6.07 Å². The molecular weight excluding hydrogens is 261 g/mol. The average molecular weight is 291 g/mol. The van der Waals surface area contributed by atoms with Gasteiger partial charge in [-0.3, -0.25) is 0 Å².